The quantitative estimate of drug-likeness (QED) is 0.577. The maximum absolute atomic E-state index is 12.4. The second kappa shape index (κ2) is 7.59. The lowest BCUT2D eigenvalue weighted by atomic mass is 10.1. The predicted molar refractivity (Wildman–Crippen MR) is 68.5 cm³/mol. The Morgan fingerprint density at radius 2 is 1.76 bits per heavy atom. The number of hydrogen-bond donors (Lipinski definition) is 0. The van der Waals surface area contributed by atoms with E-state index in [-0.39, 0.29) is 18.8 Å². The molecular formula is C13H13ClF5NO. The number of benzene rings is 1. The van der Waals surface area contributed by atoms with Crippen LogP contribution in [0.1, 0.15) is 11.1 Å². The molecule has 2 nitrogen and oxygen atoms in total. The van der Waals surface area contributed by atoms with E-state index in [1.54, 1.807) is 0 Å². The summed E-state index contributed by atoms with van der Waals surface area (Å²) in [5.41, 5.74) is -0.509. The van der Waals surface area contributed by atoms with Gasteiger partial charge in [-0.3, -0.25) is 4.79 Å². The third-order valence-electron chi connectivity index (χ3n) is 2.70. The van der Waals surface area contributed by atoms with Crippen molar-refractivity contribution in [2.24, 2.45) is 0 Å². The first-order valence-electron chi connectivity index (χ1n) is 6.02. The molecule has 0 saturated heterocycles. The van der Waals surface area contributed by atoms with Crippen LogP contribution in [-0.2, 0) is 17.4 Å². The minimum absolute atomic E-state index is 0.00543. The summed E-state index contributed by atoms with van der Waals surface area (Å²) in [5.74, 6) is -0.596. The molecule has 0 unspecified atom stereocenters. The molecule has 1 amide bonds. The fourth-order valence-electron chi connectivity index (χ4n) is 1.68. The van der Waals surface area contributed by atoms with Gasteiger partial charge < -0.3 is 4.90 Å². The summed E-state index contributed by atoms with van der Waals surface area (Å²) in [5, 5.41) is 0. The summed E-state index contributed by atoms with van der Waals surface area (Å²) in [6.45, 7) is -0.780. The summed E-state index contributed by atoms with van der Waals surface area (Å²) in [6.07, 6.45) is -7.39. The SMILES string of the molecule is O=C(Cc1ccc(C(F)(F)F)cc1)N(CCCl)CC(F)F. The van der Waals surface area contributed by atoms with Crippen molar-refractivity contribution in [1.29, 1.82) is 0 Å². The van der Waals surface area contributed by atoms with Crippen LogP contribution in [-0.4, -0.2) is 36.2 Å². The van der Waals surface area contributed by atoms with E-state index in [9.17, 15) is 26.7 Å². The van der Waals surface area contributed by atoms with E-state index < -0.39 is 30.6 Å². The smallest absolute Gasteiger partial charge is 0.335 e. The van der Waals surface area contributed by atoms with Crippen LogP contribution < -0.4 is 0 Å². The molecule has 0 N–H and O–H groups in total. The van der Waals surface area contributed by atoms with Crippen LogP contribution in [0.15, 0.2) is 24.3 Å². The number of alkyl halides is 6. The summed E-state index contributed by atoms with van der Waals surface area (Å²) in [4.78, 5) is 12.7. The van der Waals surface area contributed by atoms with E-state index in [2.05, 4.69) is 0 Å². The highest BCUT2D eigenvalue weighted by molar-refractivity contribution is 6.18. The highest BCUT2D eigenvalue weighted by atomic mass is 35.5. The predicted octanol–water partition coefficient (Wildman–Crippen LogP) is 3.58. The number of rotatable bonds is 6. The van der Waals surface area contributed by atoms with Gasteiger partial charge in [-0.05, 0) is 17.7 Å². The zero-order chi connectivity index (χ0) is 16.0. The Morgan fingerprint density at radius 3 is 2.19 bits per heavy atom. The van der Waals surface area contributed by atoms with E-state index in [1.807, 2.05) is 0 Å². The zero-order valence-corrected chi connectivity index (χ0v) is 11.6. The first kappa shape index (κ1) is 17.7. The molecule has 0 heterocycles. The lowest BCUT2D eigenvalue weighted by Gasteiger charge is -2.21. The standard InChI is InChI=1S/C13H13ClF5NO/c14-5-6-20(8-11(15)16)12(21)7-9-1-3-10(4-2-9)13(17,18)19/h1-4,11H,5-8H2. The number of halogens is 6. The third kappa shape index (κ3) is 5.87. The average Bonchev–Trinajstić information content (AvgIpc) is 2.37. The van der Waals surface area contributed by atoms with E-state index in [0.29, 0.717) is 5.56 Å². The van der Waals surface area contributed by atoms with Crippen molar-refractivity contribution in [3.63, 3.8) is 0 Å². The second-order valence-electron chi connectivity index (χ2n) is 4.29. The van der Waals surface area contributed by atoms with Crippen LogP contribution in [0.5, 0.6) is 0 Å². The Labute approximate surface area is 123 Å². The van der Waals surface area contributed by atoms with Crippen LogP contribution in [0.2, 0.25) is 0 Å². The monoisotopic (exact) mass is 329 g/mol. The van der Waals surface area contributed by atoms with Crippen molar-refractivity contribution in [2.45, 2.75) is 19.0 Å². The second-order valence-corrected chi connectivity index (χ2v) is 4.67. The number of carbonyl (C=O) groups is 1. The Hall–Kier alpha value is -1.37. The van der Waals surface area contributed by atoms with Crippen LogP contribution in [0, 0.1) is 0 Å². The Balaban J connectivity index is 2.72. The van der Waals surface area contributed by atoms with Gasteiger partial charge in [0.05, 0.1) is 18.5 Å². The minimum Gasteiger partial charge on any atom is -0.335 e. The summed E-state index contributed by atoms with van der Waals surface area (Å²) in [7, 11) is 0. The van der Waals surface area contributed by atoms with Gasteiger partial charge in [-0.25, -0.2) is 8.78 Å². The van der Waals surface area contributed by atoms with Crippen molar-refractivity contribution in [1.82, 2.24) is 4.90 Å². The highest BCUT2D eigenvalue weighted by Gasteiger charge is 2.30. The van der Waals surface area contributed by atoms with Gasteiger partial charge in [0.2, 0.25) is 5.91 Å². The van der Waals surface area contributed by atoms with Crippen molar-refractivity contribution in [3.8, 4) is 0 Å². The van der Waals surface area contributed by atoms with E-state index in [4.69, 9.17) is 11.6 Å². The van der Waals surface area contributed by atoms with E-state index >= 15 is 0 Å². The van der Waals surface area contributed by atoms with Crippen LogP contribution >= 0.6 is 11.6 Å². The van der Waals surface area contributed by atoms with Gasteiger partial charge in [-0.15, -0.1) is 11.6 Å². The van der Waals surface area contributed by atoms with Crippen molar-refractivity contribution in [3.05, 3.63) is 35.4 Å². The largest absolute Gasteiger partial charge is 0.416 e. The Bertz CT molecular complexity index is 461. The number of carbonyl (C=O) groups excluding carboxylic acids is 1. The fourth-order valence-corrected chi connectivity index (χ4v) is 1.89. The molecule has 0 bridgehead atoms. The molecule has 0 aliphatic heterocycles. The molecule has 0 aliphatic rings. The molecule has 0 aromatic heterocycles. The summed E-state index contributed by atoms with van der Waals surface area (Å²) in [6, 6.07) is 4.01. The van der Waals surface area contributed by atoms with Gasteiger partial charge in [0.15, 0.2) is 0 Å². The Morgan fingerprint density at radius 1 is 1.19 bits per heavy atom. The fraction of sp³-hybridized carbons (Fsp3) is 0.462. The molecule has 1 rings (SSSR count). The lowest BCUT2D eigenvalue weighted by Crippen LogP contribution is -2.37. The maximum atomic E-state index is 12.4. The van der Waals surface area contributed by atoms with Crippen molar-refractivity contribution >= 4 is 17.5 Å². The van der Waals surface area contributed by atoms with E-state index in [0.717, 1.165) is 29.2 Å². The first-order valence-corrected chi connectivity index (χ1v) is 6.55. The normalized spacial score (nSPS) is 11.8. The van der Waals surface area contributed by atoms with Crippen molar-refractivity contribution < 1.29 is 26.7 Å². The topological polar surface area (TPSA) is 20.3 Å². The van der Waals surface area contributed by atoms with Gasteiger partial charge in [0.25, 0.3) is 6.43 Å². The molecule has 8 heteroatoms. The van der Waals surface area contributed by atoms with Gasteiger partial charge in [0.1, 0.15) is 0 Å². The molecule has 21 heavy (non-hydrogen) atoms. The van der Waals surface area contributed by atoms with Gasteiger partial charge in [-0.1, -0.05) is 12.1 Å². The van der Waals surface area contributed by atoms with Gasteiger partial charge >= 0.3 is 6.18 Å². The first-order chi connectivity index (χ1) is 9.74. The number of nitrogens with zero attached hydrogens (tertiary/aromatic N) is 1. The molecule has 118 valence electrons. The van der Waals surface area contributed by atoms with Crippen molar-refractivity contribution in [2.75, 3.05) is 19.0 Å². The van der Waals surface area contributed by atoms with Gasteiger partial charge in [-0.2, -0.15) is 13.2 Å². The molecule has 0 atom stereocenters. The molecule has 0 fully saturated rings. The number of amides is 1. The average molecular weight is 330 g/mol. The van der Waals surface area contributed by atoms with Gasteiger partial charge in [0, 0.05) is 12.4 Å². The molecule has 0 saturated carbocycles. The van der Waals surface area contributed by atoms with Crippen LogP contribution in [0.3, 0.4) is 0 Å². The molecule has 0 aliphatic carbocycles. The maximum Gasteiger partial charge on any atom is 0.416 e. The molecule has 1 aromatic rings. The van der Waals surface area contributed by atoms with Crippen LogP contribution in [0.4, 0.5) is 22.0 Å². The molecular weight excluding hydrogens is 317 g/mol. The third-order valence-corrected chi connectivity index (χ3v) is 2.87. The number of hydrogen-bond acceptors (Lipinski definition) is 1. The highest BCUT2D eigenvalue weighted by Crippen LogP contribution is 2.29. The van der Waals surface area contributed by atoms with Crippen LogP contribution in [0.25, 0.3) is 0 Å². The molecule has 0 radical (unpaired) electrons. The Kier molecular flexibility index (Phi) is 6.39. The lowest BCUT2D eigenvalue weighted by molar-refractivity contribution is -0.137. The zero-order valence-electron chi connectivity index (χ0n) is 10.8. The van der Waals surface area contributed by atoms with E-state index in [1.165, 1.54) is 0 Å². The summed E-state index contributed by atoms with van der Waals surface area (Å²) >= 11 is 5.43. The minimum atomic E-state index is -4.46. The molecule has 0 spiro atoms. The molecule has 1 aromatic carbocycles. The summed E-state index contributed by atoms with van der Waals surface area (Å²) < 4.78 is 61.8.